The van der Waals surface area contributed by atoms with E-state index in [1.54, 1.807) is 11.3 Å². The lowest BCUT2D eigenvalue weighted by Gasteiger charge is -2.27. The fraction of sp³-hybridized carbons (Fsp3) is 0.714. The zero-order valence-electron chi connectivity index (χ0n) is 11.6. The number of aliphatic hydroxyl groups is 1. The number of nitrogens with one attached hydrogen (secondary N) is 2. The molecule has 0 saturated heterocycles. The molecule has 3 N–H and O–H groups in total. The summed E-state index contributed by atoms with van der Waals surface area (Å²) in [6, 6.07) is 0. The first-order chi connectivity index (χ1) is 9.71. The van der Waals surface area contributed by atoms with Crippen LogP contribution in [0.2, 0.25) is 0 Å². The molecule has 0 bridgehead atoms. The predicted octanol–water partition coefficient (Wildman–Crippen LogP) is 1.46. The summed E-state index contributed by atoms with van der Waals surface area (Å²) in [4.78, 5) is 17.7. The van der Waals surface area contributed by atoms with Crippen molar-refractivity contribution in [3.05, 3.63) is 10.6 Å². The zero-order valence-corrected chi connectivity index (χ0v) is 12.4. The van der Waals surface area contributed by atoms with Crippen LogP contribution in [0.5, 0.6) is 0 Å². The number of hydrogen-bond donors (Lipinski definition) is 3. The minimum atomic E-state index is -0.248. The van der Waals surface area contributed by atoms with E-state index in [0.717, 1.165) is 44.2 Å². The Kier molecular flexibility index (Phi) is 4.05. The average Bonchev–Trinajstić information content (AvgIpc) is 3.12. The van der Waals surface area contributed by atoms with Crippen LogP contribution in [-0.4, -0.2) is 34.7 Å². The molecule has 1 fully saturated rings. The number of carbonyl (C=O) groups excluding carboxylic acids is 1. The van der Waals surface area contributed by atoms with Gasteiger partial charge in [0.15, 0.2) is 5.13 Å². The minimum absolute atomic E-state index is 0.0721. The van der Waals surface area contributed by atoms with Crippen molar-refractivity contribution in [2.75, 3.05) is 18.5 Å². The Balaban J connectivity index is 1.51. The molecule has 0 aliphatic heterocycles. The number of hydrogen-bond acceptors (Lipinski definition) is 5. The van der Waals surface area contributed by atoms with Crippen LogP contribution in [-0.2, 0) is 17.6 Å². The second-order valence-corrected chi connectivity index (χ2v) is 6.87. The van der Waals surface area contributed by atoms with Gasteiger partial charge in [0.1, 0.15) is 0 Å². The van der Waals surface area contributed by atoms with E-state index in [1.165, 1.54) is 11.3 Å². The van der Waals surface area contributed by atoms with E-state index in [1.807, 2.05) is 0 Å². The number of thiazole rings is 1. The Morgan fingerprint density at radius 1 is 1.30 bits per heavy atom. The summed E-state index contributed by atoms with van der Waals surface area (Å²) in [6.45, 7) is 0.344. The van der Waals surface area contributed by atoms with Crippen molar-refractivity contribution in [2.45, 2.75) is 50.5 Å². The first-order valence-corrected chi connectivity index (χ1v) is 8.17. The number of rotatable bonds is 5. The highest BCUT2D eigenvalue weighted by atomic mass is 32.1. The maximum Gasteiger partial charge on any atom is 0.240 e. The SMILES string of the molecule is O=C(CNC1(CO)CCCC1)Nc1nc2c(s1)CCC2. The molecule has 1 aromatic rings. The summed E-state index contributed by atoms with van der Waals surface area (Å²) in [5, 5.41) is 16.3. The standard InChI is InChI=1S/C14H21N3O2S/c18-9-14(6-1-2-7-14)15-8-12(19)17-13-16-10-4-3-5-11(10)20-13/h15,18H,1-9H2,(H,16,17,19). The summed E-state index contributed by atoms with van der Waals surface area (Å²) in [7, 11) is 0. The maximum atomic E-state index is 12.0. The molecule has 2 aliphatic carbocycles. The second kappa shape index (κ2) is 5.79. The van der Waals surface area contributed by atoms with Gasteiger partial charge in [-0.25, -0.2) is 4.98 Å². The van der Waals surface area contributed by atoms with Gasteiger partial charge in [-0.2, -0.15) is 0 Å². The van der Waals surface area contributed by atoms with Gasteiger partial charge in [-0.1, -0.05) is 12.8 Å². The van der Waals surface area contributed by atoms with Gasteiger partial charge >= 0.3 is 0 Å². The smallest absolute Gasteiger partial charge is 0.240 e. The quantitative estimate of drug-likeness (QED) is 0.769. The molecule has 6 heteroatoms. The van der Waals surface area contributed by atoms with Crippen molar-refractivity contribution in [3.8, 4) is 0 Å². The van der Waals surface area contributed by atoms with E-state index in [-0.39, 0.29) is 24.6 Å². The van der Waals surface area contributed by atoms with Crippen molar-refractivity contribution < 1.29 is 9.90 Å². The molecule has 0 radical (unpaired) electrons. The Hall–Kier alpha value is -0.980. The molecular formula is C14H21N3O2S. The Bertz CT molecular complexity index is 473. The molecule has 5 nitrogen and oxygen atoms in total. The van der Waals surface area contributed by atoms with Crippen LogP contribution in [0.4, 0.5) is 5.13 Å². The Morgan fingerprint density at radius 3 is 2.80 bits per heavy atom. The number of anilines is 1. The summed E-state index contributed by atoms with van der Waals surface area (Å²) >= 11 is 1.59. The maximum absolute atomic E-state index is 12.0. The number of aryl methyl sites for hydroxylation is 2. The van der Waals surface area contributed by atoms with Crippen molar-refractivity contribution >= 4 is 22.4 Å². The van der Waals surface area contributed by atoms with Crippen LogP contribution in [0.1, 0.15) is 42.7 Å². The van der Waals surface area contributed by atoms with Gasteiger partial charge in [0.05, 0.1) is 18.8 Å². The van der Waals surface area contributed by atoms with Gasteiger partial charge in [-0.05, 0) is 32.1 Å². The first-order valence-electron chi connectivity index (χ1n) is 7.35. The number of aliphatic hydroxyl groups excluding tert-OH is 1. The monoisotopic (exact) mass is 295 g/mol. The van der Waals surface area contributed by atoms with Crippen molar-refractivity contribution in [1.82, 2.24) is 10.3 Å². The summed E-state index contributed by atoms with van der Waals surface area (Å²) in [5.74, 6) is -0.0721. The van der Waals surface area contributed by atoms with Crippen LogP contribution in [0.3, 0.4) is 0 Å². The number of aromatic nitrogens is 1. The molecule has 0 unspecified atom stereocenters. The molecule has 1 saturated carbocycles. The summed E-state index contributed by atoms with van der Waals surface area (Å²) in [5.41, 5.74) is 0.906. The lowest BCUT2D eigenvalue weighted by Crippen LogP contribution is -2.49. The molecule has 0 atom stereocenters. The van der Waals surface area contributed by atoms with Crippen LogP contribution >= 0.6 is 11.3 Å². The number of fused-ring (bicyclic) bond motifs is 1. The van der Waals surface area contributed by atoms with Gasteiger partial charge < -0.3 is 15.7 Å². The Morgan fingerprint density at radius 2 is 2.10 bits per heavy atom. The molecular weight excluding hydrogens is 274 g/mol. The van der Waals surface area contributed by atoms with Crippen LogP contribution in [0.25, 0.3) is 0 Å². The normalized spacial score (nSPS) is 20.1. The van der Waals surface area contributed by atoms with E-state index < -0.39 is 0 Å². The molecule has 2 aliphatic rings. The second-order valence-electron chi connectivity index (χ2n) is 5.79. The average molecular weight is 295 g/mol. The number of carbonyl (C=O) groups is 1. The third kappa shape index (κ3) is 2.87. The molecule has 0 aromatic carbocycles. The number of nitrogens with zero attached hydrogens (tertiary/aromatic N) is 1. The van der Waals surface area contributed by atoms with E-state index in [2.05, 4.69) is 15.6 Å². The largest absolute Gasteiger partial charge is 0.394 e. The van der Waals surface area contributed by atoms with E-state index in [0.29, 0.717) is 5.13 Å². The van der Waals surface area contributed by atoms with Crippen LogP contribution < -0.4 is 10.6 Å². The van der Waals surface area contributed by atoms with Gasteiger partial charge in [0.2, 0.25) is 5.91 Å². The van der Waals surface area contributed by atoms with Gasteiger partial charge in [-0.3, -0.25) is 4.79 Å². The van der Waals surface area contributed by atoms with Crippen molar-refractivity contribution in [3.63, 3.8) is 0 Å². The third-order valence-corrected chi connectivity index (χ3v) is 5.40. The molecule has 1 heterocycles. The minimum Gasteiger partial charge on any atom is -0.394 e. The lowest BCUT2D eigenvalue weighted by molar-refractivity contribution is -0.115. The number of amides is 1. The van der Waals surface area contributed by atoms with Crippen LogP contribution in [0.15, 0.2) is 0 Å². The van der Waals surface area contributed by atoms with E-state index in [4.69, 9.17) is 0 Å². The molecule has 0 spiro atoms. The lowest BCUT2D eigenvalue weighted by atomic mass is 9.99. The highest BCUT2D eigenvalue weighted by molar-refractivity contribution is 7.15. The summed E-state index contributed by atoms with van der Waals surface area (Å²) < 4.78 is 0. The molecule has 110 valence electrons. The molecule has 1 aromatic heterocycles. The fourth-order valence-electron chi connectivity index (χ4n) is 3.12. The summed E-state index contributed by atoms with van der Waals surface area (Å²) in [6.07, 6.45) is 7.44. The van der Waals surface area contributed by atoms with Crippen molar-refractivity contribution in [2.24, 2.45) is 0 Å². The third-order valence-electron chi connectivity index (χ3n) is 4.33. The van der Waals surface area contributed by atoms with Gasteiger partial charge in [0, 0.05) is 10.4 Å². The molecule has 3 rings (SSSR count). The van der Waals surface area contributed by atoms with Gasteiger partial charge in [0.25, 0.3) is 0 Å². The highest BCUT2D eigenvalue weighted by Gasteiger charge is 2.33. The molecule has 20 heavy (non-hydrogen) atoms. The molecule has 1 amide bonds. The first kappa shape index (κ1) is 14.0. The van der Waals surface area contributed by atoms with Gasteiger partial charge in [-0.15, -0.1) is 11.3 Å². The van der Waals surface area contributed by atoms with E-state index in [9.17, 15) is 9.90 Å². The predicted molar refractivity (Wildman–Crippen MR) is 79.1 cm³/mol. The van der Waals surface area contributed by atoms with E-state index >= 15 is 0 Å². The van der Waals surface area contributed by atoms with Crippen LogP contribution in [0, 0.1) is 0 Å². The zero-order chi connectivity index (χ0) is 14.0. The Labute approximate surface area is 122 Å². The fourth-order valence-corrected chi connectivity index (χ4v) is 4.18. The highest BCUT2D eigenvalue weighted by Crippen LogP contribution is 2.31. The van der Waals surface area contributed by atoms with Crippen molar-refractivity contribution in [1.29, 1.82) is 0 Å². The topological polar surface area (TPSA) is 74.2 Å².